The van der Waals surface area contributed by atoms with Gasteiger partial charge < -0.3 is 0 Å². The SMILES string of the molecule is Clc1ccc2c(c1)sc1nc3c(n12)CCCC3. The van der Waals surface area contributed by atoms with Crippen LogP contribution in [0.4, 0.5) is 0 Å². The smallest absolute Gasteiger partial charge is 0.195 e. The third kappa shape index (κ3) is 1.36. The van der Waals surface area contributed by atoms with Gasteiger partial charge in [-0.1, -0.05) is 22.9 Å². The van der Waals surface area contributed by atoms with E-state index < -0.39 is 0 Å². The summed E-state index contributed by atoms with van der Waals surface area (Å²) in [6.07, 6.45) is 4.86. The summed E-state index contributed by atoms with van der Waals surface area (Å²) in [5, 5.41) is 0.802. The van der Waals surface area contributed by atoms with Crippen LogP contribution in [0, 0.1) is 0 Å². The minimum Gasteiger partial charge on any atom is -0.287 e. The van der Waals surface area contributed by atoms with Crippen molar-refractivity contribution in [1.82, 2.24) is 9.38 Å². The van der Waals surface area contributed by atoms with Gasteiger partial charge in [0.05, 0.1) is 15.9 Å². The maximum Gasteiger partial charge on any atom is 0.195 e. The lowest BCUT2D eigenvalue weighted by atomic mass is 10.0. The molecule has 4 rings (SSSR count). The Morgan fingerprint density at radius 3 is 3.06 bits per heavy atom. The largest absolute Gasteiger partial charge is 0.287 e. The van der Waals surface area contributed by atoms with Crippen molar-refractivity contribution in [3.05, 3.63) is 34.6 Å². The summed E-state index contributed by atoms with van der Waals surface area (Å²) in [6, 6.07) is 6.11. The number of rotatable bonds is 0. The van der Waals surface area contributed by atoms with Gasteiger partial charge in [0.25, 0.3) is 0 Å². The van der Waals surface area contributed by atoms with Crippen LogP contribution in [0.1, 0.15) is 24.2 Å². The number of halogens is 1. The zero-order valence-electron chi connectivity index (χ0n) is 9.24. The average molecular weight is 263 g/mol. The van der Waals surface area contributed by atoms with E-state index in [0.29, 0.717) is 0 Å². The number of nitrogens with zero attached hydrogens (tertiary/aromatic N) is 2. The maximum absolute atomic E-state index is 6.03. The van der Waals surface area contributed by atoms with Crippen LogP contribution in [0.5, 0.6) is 0 Å². The maximum atomic E-state index is 6.03. The second-order valence-corrected chi connectivity index (χ2v) is 5.99. The zero-order chi connectivity index (χ0) is 11.4. The molecule has 0 fully saturated rings. The lowest BCUT2D eigenvalue weighted by molar-refractivity contribution is 0.662. The van der Waals surface area contributed by atoms with E-state index in [1.807, 2.05) is 12.1 Å². The summed E-state index contributed by atoms with van der Waals surface area (Å²) in [5.41, 5.74) is 3.98. The van der Waals surface area contributed by atoms with Crippen molar-refractivity contribution >= 4 is 38.1 Å². The minimum absolute atomic E-state index is 0.802. The third-order valence-corrected chi connectivity index (χ3v) is 4.70. The van der Waals surface area contributed by atoms with E-state index in [9.17, 15) is 0 Å². The topological polar surface area (TPSA) is 17.3 Å². The number of hydrogen-bond donors (Lipinski definition) is 0. The molecule has 1 aromatic carbocycles. The van der Waals surface area contributed by atoms with Gasteiger partial charge in [0.2, 0.25) is 0 Å². The number of fused-ring (bicyclic) bond motifs is 5. The number of thiazole rings is 1. The van der Waals surface area contributed by atoms with Crippen LogP contribution in [-0.2, 0) is 12.8 Å². The fourth-order valence-corrected chi connectivity index (χ4v) is 4.02. The Morgan fingerprint density at radius 2 is 2.12 bits per heavy atom. The third-order valence-electron chi connectivity index (χ3n) is 3.47. The normalized spacial score (nSPS) is 15.6. The van der Waals surface area contributed by atoms with Gasteiger partial charge in [0.15, 0.2) is 4.96 Å². The molecule has 0 aliphatic heterocycles. The Bertz CT molecular complexity index is 726. The predicted octanol–water partition coefficient (Wildman–Crippen LogP) is 4.08. The second kappa shape index (κ2) is 3.47. The minimum atomic E-state index is 0.802. The van der Waals surface area contributed by atoms with E-state index in [2.05, 4.69) is 10.5 Å². The summed E-state index contributed by atoms with van der Waals surface area (Å²) >= 11 is 7.77. The number of aryl methyl sites for hydroxylation is 2. The standard InChI is InChI=1S/C13H11ClN2S/c14-8-5-6-11-12(7-8)17-13-15-9-3-1-2-4-10(9)16(11)13/h5-7H,1-4H2. The van der Waals surface area contributed by atoms with Gasteiger partial charge in [-0.2, -0.15) is 0 Å². The first-order valence-corrected chi connectivity index (χ1v) is 7.10. The molecule has 0 atom stereocenters. The van der Waals surface area contributed by atoms with Gasteiger partial charge in [0, 0.05) is 10.7 Å². The number of hydrogen-bond acceptors (Lipinski definition) is 2. The van der Waals surface area contributed by atoms with Crippen LogP contribution in [0.2, 0.25) is 5.02 Å². The van der Waals surface area contributed by atoms with Crippen LogP contribution < -0.4 is 0 Å². The van der Waals surface area contributed by atoms with Crippen LogP contribution in [0.25, 0.3) is 15.2 Å². The van der Waals surface area contributed by atoms with Crippen molar-refractivity contribution in [3.8, 4) is 0 Å². The summed E-state index contributed by atoms with van der Waals surface area (Å²) in [4.78, 5) is 5.88. The van der Waals surface area contributed by atoms with Crippen molar-refractivity contribution in [2.75, 3.05) is 0 Å². The molecule has 2 nitrogen and oxygen atoms in total. The van der Waals surface area contributed by atoms with Gasteiger partial charge >= 0.3 is 0 Å². The van der Waals surface area contributed by atoms with Crippen LogP contribution in [0.3, 0.4) is 0 Å². The molecule has 1 aliphatic rings. The second-order valence-electron chi connectivity index (χ2n) is 4.54. The monoisotopic (exact) mass is 262 g/mol. The van der Waals surface area contributed by atoms with Gasteiger partial charge in [-0.05, 0) is 43.9 Å². The molecular formula is C13H11ClN2S. The first-order valence-electron chi connectivity index (χ1n) is 5.91. The summed E-state index contributed by atoms with van der Waals surface area (Å²) < 4.78 is 3.55. The lowest BCUT2D eigenvalue weighted by Gasteiger charge is -2.10. The molecule has 0 N–H and O–H groups in total. The average Bonchev–Trinajstić information content (AvgIpc) is 2.83. The van der Waals surface area contributed by atoms with Gasteiger partial charge in [-0.15, -0.1) is 0 Å². The molecule has 0 saturated heterocycles. The Kier molecular flexibility index (Phi) is 2.02. The Hall–Kier alpha value is -1.06. The molecule has 0 bridgehead atoms. The molecule has 4 heteroatoms. The molecule has 1 aliphatic carbocycles. The van der Waals surface area contributed by atoms with Crippen LogP contribution in [-0.4, -0.2) is 9.38 Å². The highest BCUT2D eigenvalue weighted by Crippen LogP contribution is 2.33. The predicted molar refractivity (Wildman–Crippen MR) is 72.2 cm³/mol. The molecule has 0 spiro atoms. The van der Waals surface area contributed by atoms with Gasteiger partial charge in [-0.3, -0.25) is 4.40 Å². The molecule has 0 unspecified atom stereocenters. The fourth-order valence-electron chi connectivity index (χ4n) is 2.69. The highest BCUT2D eigenvalue weighted by molar-refractivity contribution is 7.23. The summed E-state index contributed by atoms with van der Waals surface area (Å²) in [6.45, 7) is 0. The molecular weight excluding hydrogens is 252 g/mol. The van der Waals surface area contributed by atoms with Crippen molar-refractivity contribution in [3.63, 3.8) is 0 Å². The summed E-state index contributed by atoms with van der Waals surface area (Å²) in [5.74, 6) is 0. The molecule has 17 heavy (non-hydrogen) atoms. The number of benzene rings is 1. The van der Waals surface area contributed by atoms with Gasteiger partial charge in [-0.25, -0.2) is 4.98 Å². The highest BCUT2D eigenvalue weighted by Gasteiger charge is 2.19. The van der Waals surface area contributed by atoms with Crippen molar-refractivity contribution in [2.45, 2.75) is 25.7 Å². The Labute approximate surface area is 108 Å². The van der Waals surface area contributed by atoms with E-state index in [1.165, 1.54) is 34.4 Å². The van der Waals surface area contributed by atoms with Crippen LogP contribution >= 0.6 is 22.9 Å². The van der Waals surface area contributed by atoms with E-state index in [4.69, 9.17) is 16.6 Å². The highest BCUT2D eigenvalue weighted by atomic mass is 35.5. The number of aromatic nitrogens is 2. The van der Waals surface area contributed by atoms with Crippen LogP contribution in [0.15, 0.2) is 18.2 Å². The van der Waals surface area contributed by atoms with Gasteiger partial charge in [0.1, 0.15) is 0 Å². The van der Waals surface area contributed by atoms with E-state index in [1.54, 1.807) is 11.3 Å². The number of imidazole rings is 1. The lowest BCUT2D eigenvalue weighted by Crippen LogP contribution is -2.03. The molecule has 2 heterocycles. The Balaban J connectivity index is 2.14. The molecule has 3 aromatic rings. The zero-order valence-corrected chi connectivity index (χ0v) is 10.8. The van der Waals surface area contributed by atoms with E-state index in [-0.39, 0.29) is 0 Å². The fraction of sp³-hybridized carbons (Fsp3) is 0.308. The van der Waals surface area contributed by atoms with Crippen molar-refractivity contribution in [2.24, 2.45) is 0 Å². The van der Waals surface area contributed by atoms with E-state index in [0.717, 1.165) is 22.8 Å². The first kappa shape index (κ1) is 9.92. The molecule has 0 radical (unpaired) electrons. The molecule has 2 aromatic heterocycles. The van der Waals surface area contributed by atoms with E-state index >= 15 is 0 Å². The summed E-state index contributed by atoms with van der Waals surface area (Å²) in [7, 11) is 0. The first-order chi connectivity index (χ1) is 8.33. The van der Waals surface area contributed by atoms with Crippen molar-refractivity contribution < 1.29 is 0 Å². The molecule has 0 saturated carbocycles. The Morgan fingerprint density at radius 1 is 1.24 bits per heavy atom. The quantitative estimate of drug-likeness (QED) is 0.597. The molecule has 0 amide bonds. The van der Waals surface area contributed by atoms with Crippen molar-refractivity contribution in [1.29, 1.82) is 0 Å². The molecule has 86 valence electrons.